The smallest absolute Gasteiger partial charge is 0.472 e. The average molecular weight is 688 g/mol. The molecule has 0 rings (SSSR count). The third kappa shape index (κ3) is 35.9. The second kappa shape index (κ2) is 36.1. The Morgan fingerprint density at radius 3 is 1.57 bits per heavy atom. The first-order chi connectivity index (χ1) is 22.9. The molecule has 0 saturated carbocycles. The predicted octanol–water partition coefficient (Wildman–Crippen LogP) is 11.3. The van der Waals surface area contributed by atoms with Gasteiger partial charge in [0.2, 0.25) is 0 Å². The second-order valence-electron chi connectivity index (χ2n) is 12.9. The molecular weight excluding hydrogens is 613 g/mol. The molecule has 8 nitrogen and oxygen atoms in total. The van der Waals surface area contributed by atoms with E-state index >= 15 is 0 Å². The number of phosphoric acid groups is 1. The van der Waals surface area contributed by atoms with Gasteiger partial charge in [0, 0.05) is 13.0 Å². The Morgan fingerprint density at radius 2 is 1.09 bits per heavy atom. The van der Waals surface area contributed by atoms with Crippen molar-refractivity contribution in [3.8, 4) is 0 Å². The zero-order chi connectivity index (χ0) is 34.5. The SMILES string of the molecule is CCCCCCCCC=CCCCCCCC=COCC(COP(=O)(O)OCCN)OC(=O)CCCCCCCCCCCCCC. The Balaban J connectivity index is 4.14. The summed E-state index contributed by atoms with van der Waals surface area (Å²) in [4.78, 5) is 22.3. The van der Waals surface area contributed by atoms with Crippen LogP contribution in [0.2, 0.25) is 0 Å². The van der Waals surface area contributed by atoms with Gasteiger partial charge in [0.15, 0.2) is 6.10 Å². The van der Waals surface area contributed by atoms with E-state index in [4.69, 9.17) is 24.3 Å². The maximum absolute atomic E-state index is 12.5. The number of esters is 1. The van der Waals surface area contributed by atoms with E-state index in [0.29, 0.717) is 6.42 Å². The number of carbonyl (C=O) groups excluding carboxylic acids is 1. The number of nitrogens with two attached hydrogens (primary N) is 1. The fourth-order valence-electron chi connectivity index (χ4n) is 5.31. The van der Waals surface area contributed by atoms with Gasteiger partial charge in [-0.3, -0.25) is 13.8 Å². The molecule has 0 saturated heterocycles. The molecule has 0 aromatic heterocycles. The molecule has 278 valence electrons. The summed E-state index contributed by atoms with van der Waals surface area (Å²) in [5, 5.41) is 0. The van der Waals surface area contributed by atoms with Crippen LogP contribution in [0.3, 0.4) is 0 Å². The van der Waals surface area contributed by atoms with E-state index < -0.39 is 13.9 Å². The quantitative estimate of drug-likeness (QED) is 0.0218. The summed E-state index contributed by atoms with van der Waals surface area (Å²) in [6, 6.07) is 0. The Morgan fingerprint density at radius 1 is 0.638 bits per heavy atom. The molecule has 3 N–H and O–H groups in total. The van der Waals surface area contributed by atoms with E-state index in [9.17, 15) is 14.3 Å². The number of unbranched alkanes of at least 4 members (excludes halogenated alkanes) is 22. The molecule has 2 unspecified atom stereocenters. The van der Waals surface area contributed by atoms with E-state index in [1.54, 1.807) is 6.26 Å². The summed E-state index contributed by atoms with van der Waals surface area (Å²) in [5.74, 6) is -0.355. The van der Waals surface area contributed by atoms with Crippen molar-refractivity contribution in [3.63, 3.8) is 0 Å². The lowest BCUT2D eigenvalue weighted by Gasteiger charge is -2.19. The first-order valence-corrected chi connectivity index (χ1v) is 20.9. The zero-order valence-electron chi connectivity index (χ0n) is 30.5. The Bertz CT molecular complexity index is 777. The van der Waals surface area contributed by atoms with Crippen molar-refractivity contribution in [2.24, 2.45) is 5.73 Å². The minimum atomic E-state index is -4.28. The van der Waals surface area contributed by atoms with Gasteiger partial charge in [-0.1, -0.05) is 142 Å². The van der Waals surface area contributed by atoms with Crippen molar-refractivity contribution in [2.45, 2.75) is 187 Å². The van der Waals surface area contributed by atoms with Crippen LogP contribution in [0.5, 0.6) is 0 Å². The standard InChI is InChI=1S/C38H74NO7P/c1-3-5-7-9-11-13-15-17-18-19-20-22-24-26-28-30-33-43-35-37(36-45-47(41,42)44-34-32-39)46-38(40)31-29-27-25-23-21-16-14-12-10-8-6-4-2/h17-18,30,33,37H,3-16,19-29,31-32,34-36,39H2,1-2H3,(H,41,42). The average Bonchev–Trinajstić information content (AvgIpc) is 3.06. The van der Waals surface area contributed by atoms with Gasteiger partial charge in [0.1, 0.15) is 6.61 Å². The summed E-state index contributed by atoms with van der Waals surface area (Å²) in [6.45, 7) is 4.22. The molecule has 0 aromatic rings. The minimum absolute atomic E-state index is 0.0304. The summed E-state index contributed by atoms with van der Waals surface area (Å²) >= 11 is 0. The molecule has 2 atom stereocenters. The molecule has 0 fully saturated rings. The minimum Gasteiger partial charge on any atom is -0.498 e. The van der Waals surface area contributed by atoms with Crippen molar-refractivity contribution in [1.82, 2.24) is 0 Å². The number of phosphoric ester groups is 1. The van der Waals surface area contributed by atoms with Crippen LogP contribution in [0.15, 0.2) is 24.5 Å². The third-order valence-corrected chi connectivity index (χ3v) is 9.17. The highest BCUT2D eigenvalue weighted by atomic mass is 31.2. The molecular formula is C38H74NO7P. The lowest BCUT2D eigenvalue weighted by atomic mass is 10.0. The van der Waals surface area contributed by atoms with Crippen molar-refractivity contribution in [3.05, 3.63) is 24.5 Å². The maximum Gasteiger partial charge on any atom is 0.472 e. The van der Waals surface area contributed by atoms with Crippen LogP contribution < -0.4 is 5.73 Å². The van der Waals surface area contributed by atoms with Gasteiger partial charge in [0.05, 0.1) is 19.5 Å². The highest BCUT2D eigenvalue weighted by Gasteiger charge is 2.25. The van der Waals surface area contributed by atoms with E-state index in [1.807, 2.05) is 6.08 Å². The molecule has 0 aliphatic rings. The molecule has 0 heterocycles. The van der Waals surface area contributed by atoms with Gasteiger partial charge in [-0.25, -0.2) is 4.57 Å². The summed E-state index contributed by atoms with van der Waals surface area (Å²) < 4.78 is 33.0. The highest BCUT2D eigenvalue weighted by Crippen LogP contribution is 2.43. The Hall–Kier alpha value is -1.18. The van der Waals surface area contributed by atoms with Crippen molar-refractivity contribution >= 4 is 13.8 Å². The summed E-state index contributed by atoms with van der Waals surface area (Å²) in [5.41, 5.74) is 5.34. The Labute approximate surface area is 289 Å². The number of hydrogen-bond acceptors (Lipinski definition) is 7. The van der Waals surface area contributed by atoms with Gasteiger partial charge < -0.3 is 20.1 Å². The van der Waals surface area contributed by atoms with Gasteiger partial charge in [-0.05, 0) is 51.0 Å². The van der Waals surface area contributed by atoms with E-state index in [1.165, 1.54) is 122 Å². The van der Waals surface area contributed by atoms with E-state index in [0.717, 1.165) is 38.5 Å². The summed E-state index contributed by atoms with van der Waals surface area (Å²) in [6.07, 6.45) is 38.5. The molecule has 0 aromatic carbocycles. The van der Waals surface area contributed by atoms with Crippen LogP contribution in [-0.4, -0.2) is 43.3 Å². The van der Waals surface area contributed by atoms with Crippen molar-refractivity contribution < 1.29 is 32.8 Å². The van der Waals surface area contributed by atoms with Gasteiger partial charge in [-0.15, -0.1) is 0 Å². The molecule has 0 aliphatic heterocycles. The molecule has 0 spiro atoms. The van der Waals surface area contributed by atoms with Crippen LogP contribution in [0, 0.1) is 0 Å². The first kappa shape index (κ1) is 45.8. The zero-order valence-corrected chi connectivity index (χ0v) is 31.4. The Kier molecular flexibility index (Phi) is 35.2. The number of ether oxygens (including phenoxy) is 2. The summed E-state index contributed by atoms with van der Waals surface area (Å²) in [7, 11) is -4.28. The number of rotatable bonds is 37. The fraction of sp³-hybridized carbons (Fsp3) is 0.868. The lowest BCUT2D eigenvalue weighted by molar-refractivity contribution is -0.153. The van der Waals surface area contributed by atoms with E-state index in [-0.39, 0.29) is 32.3 Å². The second-order valence-corrected chi connectivity index (χ2v) is 14.3. The monoisotopic (exact) mass is 688 g/mol. The normalized spacial score (nSPS) is 13.8. The van der Waals surface area contributed by atoms with Gasteiger partial charge >= 0.3 is 13.8 Å². The first-order valence-electron chi connectivity index (χ1n) is 19.4. The van der Waals surface area contributed by atoms with Crippen LogP contribution in [0.25, 0.3) is 0 Å². The molecule has 47 heavy (non-hydrogen) atoms. The van der Waals surface area contributed by atoms with Crippen LogP contribution in [-0.2, 0) is 27.9 Å². The van der Waals surface area contributed by atoms with Crippen LogP contribution >= 0.6 is 7.82 Å². The number of allylic oxidation sites excluding steroid dienone is 3. The third-order valence-electron chi connectivity index (χ3n) is 8.19. The predicted molar refractivity (Wildman–Crippen MR) is 196 cm³/mol. The molecule has 0 aliphatic carbocycles. The van der Waals surface area contributed by atoms with E-state index in [2.05, 4.69) is 26.0 Å². The largest absolute Gasteiger partial charge is 0.498 e. The lowest BCUT2D eigenvalue weighted by Crippen LogP contribution is -2.27. The number of hydrogen-bond donors (Lipinski definition) is 2. The van der Waals surface area contributed by atoms with Gasteiger partial charge in [0.25, 0.3) is 0 Å². The van der Waals surface area contributed by atoms with Crippen molar-refractivity contribution in [2.75, 3.05) is 26.4 Å². The van der Waals surface area contributed by atoms with Crippen molar-refractivity contribution in [1.29, 1.82) is 0 Å². The topological polar surface area (TPSA) is 117 Å². The molecule has 0 radical (unpaired) electrons. The van der Waals surface area contributed by atoms with Crippen LogP contribution in [0.1, 0.15) is 181 Å². The van der Waals surface area contributed by atoms with Crippen LogP contribution in [0.4, 0.5) is 0 Å². The molecule has 0 bridgehead atoms. The van der Waals surface area contributed by atoms with Gasteiger partial charge in [-0.2, -0.15) is 0 Å². The fourth-order valence-corrected chi connectivity index (χ4v) is 6.07. The maximum atomic E-state index is 12.5. The highest BCUT2D eigenvalue weighted by molar-refractivity contribution is 7.47. The molecule has 0 amide bonds. The molecule has 9 heteroatoms. The number of carbonyl (C=O) groups is 1.